The van der Waals surface area contributed by atoms with E-state index < -0.39 is 0 Å². The molecule has 5 heteroatoms. The van der Waals surface area contributed by atoms with Gasteiger partial charge in [0.05, 0.1) is 19.4 Å². The van der Waals surface area contributed by atoms with Crippen molar-refractivity contribution in [2.45, 2.75) is 20.5 Å². The molecule has 0 saturated carbocycles. The van der Waals surface area contributed by atoms with E-state index in [2.05, 4.69) is 18.3 Å². The van der Waals surface area contributed by atoms with E-state index in [1.165, 1.54) is 11.6 Å². The first-order chi connectivity index (χ1) is 15.1. The summed E-state index contributed by atoms with van der Waals surface area (Å²) in [4.78, 5) is 12.3. The van der Waals surface area contributed by atoms with Crippen LogP contribution in [0.1, 0.15) is 23.6 Å². The molecule has 1 N–H and O–H groups in total. The Hall–Kier alpha value is -3.73. The molecule has 0 aliphatic rings. The number of carbonyl (C=O) groups is 1. The van der Waals surface area contributed by atoms with Crippen molar-refractivity contribution < 1.29 is 19.0 Å². The van der Waals surface area contributed by atoms with Crippen LogP contribution in [0, 0.1) is 6.92 Å². The summed E-state index contributed by atoms with van der Waals surface area (Å²) < 4.78 is 17.0. The highest BCUT2D eigenvalue weighted by Crippen LogP contribution is 2.30. The van der Waals surface area contributed by atoms with Gasteiger partial charge < -0.3 is 19.5 Å². The van der Waals surface area contributed by atoms with Gasteiger partial charge in [0.25, 0.3) is 0 Å². The second kappa shape index (κ2) is 10.9. The fraction of sp³-hybridized carbons (Fsp3) is 0.192. The molecule has 0 spiro atoms. The van der Waals surface area contributed by atoms with Gasteiger partial charge in [-0.05, 0) is 60.9 Å². The second-order valence-electron chi connectivity index (χ2n) is 6.88. The molecule has 0 aliphatic heterocycles. The van der Waals surface area contributed by atoms with Crippen molar-refractivity contribution in [3.8, 4) is 17.2 Å². The Bertz CT molecular complexity index is 1060. The number of rotatable bonds is 9. The van der Waals surface area contributed by atoms with Gasteiger partial charge in [0.1, 0.15) is 12.4 Å². The molecule has 3 aromatic carbocycles. The first-order valence-electron chi connectivity index (χ1n) is 10.2. The van der Waals surface area contributed by atoms with Gasteiger partial charge in [0, 0.05) is 6.08 Å². The molecule has 0 saturated heterocycles. The fourth-order valence-electron chi connectivity index (χ4n) is 3.03. The standard InChI is InChI=1S/C26H27NO4/c1-4-30-23-12-8-7-11-22(23)27-26(28)16-14-20-13-15-24(25(17-20)29-3)31-18-21-10-6-5-9-19(21)2/h5-17H,4,18H2,1-3H3,(H,27,28)/b16-14+. The Balaban J connectivity index is 1.66. The Kier molecular flexibility index (Phi) is 7.71. The number of hydrogen-bond donors (Lipinski definition) is 1. The number of para-hydroxylation sites is 2. The summed E-state index contributed by atoms with van der Waals surface area (Å²) in [5, 5.41) is 2.84. The van der Waals surface area contributed by atoms with Gasteiger partial charge in [-0.15, -0.1) is 0 Å². The fourth-order valence-corrected chi connectivity index (χ4v) is 3.03. The molecule has 5 nitrogen and oxygen atoms in total. The molecule has 0 atom stereocenters. The number of aryl methyl sites for hydroxylation is 1. The van der Waals surface area contributed by atoms with Crippen LogP contribution in [0.5, 0.6) is 17.2 Å². The van der Waals surface area contributed by atoms with Crippen LogP contribution in [0.15, 0.2) is 72.8 Å². The van der Waals surface area contributed by atoms with Crippen molar-refractivity contribution in [3.05, 3.63) is 89.5 Å². The van der Waals surface area contributed by atoms with Crippen LogP contribution in [0.4, 0.5) is 5.69 Å². The van der Waals surface area contributed by atoms with Crippen LogP contribution in [0.25, 0.3) is 6.08 Å². The predicted molar refractivity (Wildman–Crippen MR) is 124 cm³/mol. The molecular weight excluding hydrogens is 390 g/mol. The monoisotopic (exact) mass is 417 g/mol. The highest BCUT2D eigenvalue weighted by Gasteiger charge is 2.08. The number of ether oxygens (including phenoxy) is 3. The highest BCUT2D eigenvalue weighted by atomic mass is 16.5. The van der Waals surface area contributed by atoms with E-state index in [0.717, 1.165) is 11.1 Å². The van der Waals surface area contributed by atoms with Crippen molar-refractivity contribution in [3.63, 3.8) is 0 Å². The zero-order valence-electron chi connectivity index (χ0n) is 18.1. The number of benzene rings is 3. The van der Waals surface area contributed by atoms with Gasteiger partial charge in [0.2, 0.25) is 5.91 Å². The van der Waals surface area contributed by atoms with Crippen molar-refractivity contribution in [2.24, 2.45) is 0 Å². The molecule has 0 bridgehead atoms. The summed E-state index contributed by atoms with van der Waals surface area (Å²) >= 11 is 0. The van der Waals surface area contributed by atoms with Gasteiger partial charge in [-0.2, -0.15) is 0 Å². The summed E-state index contributed by atoms with van der Waals surface area (Å²) in [7, 11) is 1.60. The third kappa shape index (κ3) is 6.12. The summed E-state index contributed by atoms with van der Waals surface area (Å²) in [5.41, 5.74) is 3.76. The minimum absolute atomic E-state index is 0.244. The van der Waals surface area contributed by atoms with Crippen molar-refractivity contribution in [1.29, 1.82) is 0 Å². The minimum atomic E-state index is -0.244. The predicted octanol–water partition coefficient (Wildman–Crippen LogP) is 5.63. The topological polar surface area (TPSA) is 56.8 Å². The molecule has 0 fully saturated rings. The van der Waals surface area contributed by atoms with Crippen molar-refractivity contribution >= 4 is 17.7 Å². The quantitative estimate of drug-likeness (QED) is 0.458. The van der Waals surface area contributed by atoms with E-state index in [1.54, 1.807) is 19.3 Å². The molecule has 3 aromatic rings. The normalized spacial score (nSPS) is 10.7. The van der Waals surface area contributed by atoms with E-state index >= 15 is 0 Å². The SMILES string of the molecule is CCOc1ccccc1NC(=O)/C=C/c1ccc(OCc2ccccc2C)c(OC)c1. The van der Waals surface area contributed by atoms with Gasteiger partial charge >= 0.3 is 0 Å². The lowest BCUT2D eigenvalue weighted by atomic mass is 10.1. The Morgan fingerprint density at radius 2 is 1.71 bits per heavy atom. The lowest BCUT2D eigenvalue weighted by molar-refractivity contribution is -0.111. The smallest absolute Gasteiger partial charge is 0.248 e. The first kappa shape index (κ1) is 22.0. The van der Waals surface area contributed by atoms with Gasteiger partial charge in [-0.25, -0.2) is 0 Å². The lowest BCUT2D eigenvalue weighted by Crippen LogP contribution is -2.09. The minimum Gasteiger partial charge on any atom is -0.493 e. The van der Waals surface area contributed by atoms with E-state index in [9.17, 15) is 4.79 Å². The maximum Gasteiger partial charge on any atom is 0.248 e. The molecular formula is C26H27NO4. The average molecular weight is 418 g/mol. The Morgan fingerprint density at radius 1 is 0.935 bits per heavy atom. The highest BCUT2D eigenvalue weighted by molar-refractivity contribution is 6.02. The largest absolute Gasteiger partial charge is 0.493 e. The zero-order chi connectivity index (χ0) is 22.1. The summed E-state index contributed by atoms with van der Waals surface area (Å²) in [5.74, 6) is 1.66. The van der Waals surface area contributed by atoms with Crippen LogP contribution in [-0.4, -0.2) is 19.6 Å². The molecule has 0 unspecified atom stereocenters. The maximum atomic E-state index is 12.3. The molecule has 0 heterocycles. The Labute approximate surface area is 183 Å². The molecule has 0 aliphatic carbocycles. The first-order valence-corrected chi connectivity index (χ1v) is 10.2. The number of hydrogen-bond acceptors (Lipinski definition) is 4. The third-order valence-electron chi connectivity index (χ3n) is 4.70. The molecule has 1 amide bonds. The number of carbonyl (C=O) groups excluding carboxylic acids is 1. The van der Waals surface area contributed by atoms with Gasteiger partial charge in [-0.1, -0.05) is 42.5 Å². The summed E-state index contributed by atoms with van der Waals surface area (Å²) in [6, 6.07) is 21.0. The number of nitrogens with one attached hydrogen (secondary N) is 1. The second-order valence-corrected chi connectivity index (χ2v) is 6.88. The molecule has 3 rings (SSSR count). The average Bonchev–Trinajstić information content (AvgIpc) is 2.79. The van der Waals surface area contributed by atoms with E-state index in [-0.39, 0.29) is 5.91 Å². The third-order valence-corrected chi connectivity index (χ3v) is 4.70. The van der Waals surface area contributed by atoms with Crippen LogP contribution in [0.3, 0.4) is 0 Å². The van der Waals surface area contributed by atoms with E-state index in [0.29, 0.717) is 36.1 Å². The van der Waals surface area contributed by atoms with E-state index in [1.807, 2.05) is 61.5 Å². The Morgan fingerprint density at radius 3 is 2.48 bits per heavy atom. The number of anilines is 1. The maximum absolute atomic E-state index is 12.3. The lowest BCUT2D eigenvalue weighted by Gasteiger charge is -2.12. The molecule has 160 valence electrons. The molecule has 31 heavy (non-hydrogen) atoms. The molecule has 0 aromatic heterocycles. The van der Waals surface area contributed by atoms with Crippen molar-refractivity contribution in [2.75, 3.05) is 19.0 Å². The van der Waals surface area contributed by atoms with Crippen LogP contribution < -0.4 is 19.5 Å². The van der Waals surface area contributed by atoms with Crippen LogP contribution in [0.2, 0.25) is 0 Å². The van der Waals surface area contributed by atoms with Crippen LogP contribution >= 0.6 is 0 Å². The van der Waals surface area contributed by atoms with Crippen LogP contribution in [-0.2, 0) is 11.4 Å². The van der Waals surface area contributed by atoms with E-state index in [4.69, 9.17) is 14.2 Å². The zero-order valence-corrected chi connectivity index (χ0v) is 18.1. The summed E-state index contributed by atoms with van der Waals surface area (Å²) in [6.45, 7) is 4.95. The van der Waals surface area contributed by atoms with Gasteiger partial charge in [0.15, 0.2) is 11.5 Å². The number of methoxy groups -OCH3 is 1. The summed E-state index contributed by atoms with van der Waals surface area (Å²) in [6.07, 6.45) is 3.21. The molecule has 0 radical (unpaired) electrons. The number of amides is 1. The van der Waals surface area contributed by atoms with Crippen molar-refractivity contribution in [1.82, 2.24) is 0 Å². The van der Waals surface area contributed by atoms with Gasteiger partial charge in [-0.3, -0.25) is 4.79 Å².